The standard InChI is InChI=1S/C15H19NO3/c1-18-9-12-4-2-5-13(8-12)14(17)15(10-16)6-3-7-19-11-15/h2,4-5,8,14,17H,3,6-7,9,11H2,1H3. The molecule has 1 heterocycles. The molecule has 1 saturated heterocycles. The SMILES string of the molecule is COCc1cccc(C(O)C2(C#N)CCCOC2)c1. The monoisotopic (exact) mass is 261 g/mol. The lowest BCUT2D eigenvalue weighted by atomic mass is 9.76. The molecule has 102 valence electrons. The number of ether oxygens (including phenoxy) is 2. The maximum atomic E-state index is 10.5. The highest BCUT2D eigenvalue weighted by Crippen LogP contribution is 2.40. The zero-order chi connectivity index (χ0) is 13.7. The zero-order valence-electron chi connectivity index (χ0n) is 11.1. The molecule has 1 aliphatic heterocycles. The van der Waals surface area contributed by atoms with Crippen LogP contribution in [0.5, 0.6) is 0 Å². The minimum absolute atomic E-state index is 0.291. The van der Waals surface area contributed by atoms with E-state index in [-0.39, 0.29) is 0 Å². The van der Waals surface area contributed by atoms with E-state index in [9.17, 15) is 10.4 Å². The number of rotatable bonds is 4. The van der Waals surface area contributed by atoms with Crippen molar-refractivity contribution in [3.05, 3.63) is 35.4 Å². The highest BCUT2D eigenvalue weighted by atomic mass is 16.5. The van der Waals surface area contributed by atoms with E-state index in [1.165, 1.54) is 0 Å². The highest BCUT2D eigenvalue weighted by molar-refractivity contribution is 5.28. The van der Waals surface area contributed by atoms with Gasteiger partial charge in [0.15, 0.2) is 0 Å². The third kappa shape index (κ3) is 2.95. The fraction of sp³-hybridized carbons (Fsp3) is 0.533. The average molecular weight is 261 g/mol. The Balaban J connectivity index is 2.24. The van der Waals surface area contributed by atoms with Crippen molar-refractivity contribution in [2.24, 2.45) is 5.41 Å². The first-order valence-corrected chi connectivity index (χ1v) is 6.47. The van der Waals surface area contributed by atoms with Crippen LogP contribution < -0.4 is 0 Å². The molecule has 0 bridgehead atoms. The largest absolute Gasteiger partial charge is 0.387 e. The Morgan fingerprint density at radius 2 is 2.42 bits per heavy atom. The summed E-state index contributed by atoms with van der Waals surface area (Å²) in [5, 5.41) is 20.0. The van der Waals surface area contributed by atoms with Crippen LogP contribution in [0.1, 0.15) is 30.1 Å². The van der Waals surface area contributed by atoms with Crippen LogP contribution in [0.15, 0.2) is 24.3 Å². The molecule has 4 heteroatoms. The highest BCUT2D eigenvalue weighted by Gasteiger charge is 2.41. The van der Waals surface area contributed by atoms with Crippen molar-refractivity contribution in [1.82, 2.24) is 0 Å². The van der Waals surface area contributed by atoms with Gasteiger partial charge in [-0.15, -0.1) is 0 Å². The van der Waals surface area contributed by atoms with E-state index in [1.54, 1.807) is 7.11 Å². The third-order valence-corrected chi connectivity index (χ3v) is 3.60. The number of nitriles is 1. The molecule has 1 aromatic carbocycles. The maximum absolute atomic E-state index is 10.5. The maximum Gasteiger partial charge on any atom is 0.111 e. The summed E-state index contributed by atoms with van der Waals surface area (Å²) in [5.74, 6) is 0. The van der Waals surface area contributed by atoms with E-state index in [4.69, 9.17) is 9.47 Å². The van der Waals surface area contributed by atoms with Gasteiger partial charge in [0.2, 0.25) is 0 Å². The molecule has 0 saturated carbocycles. The minimum atomic E-state index is -0.829. The summed E-state index contributed by atoms with van der Waals surface area (Å²) in [6.07, 6.45) is 0.649. The summed E-state index contributed by atoms with van der Waals surface area (Å²) in [4.78, 5) is 0. The van der Waals surface area contributed by atoms with Gasteiger partial charge < -0.3 is 14.6 Å². The minimum Gasteiger partial charge on any atom is -0.387 e. The Hall–Kier alpha value is -1.41. The summed E-state index contributed by atoms with van der Waals surface area (Å²) < 4.78 is 10.5. The summed E-state index contributed by atoms with van der Waals surface area (Å²) in [6, 6.07) is 9.81. The molecule has 1 N–H and O–H groups in total. The Bertz CT molecular complexity index is 461. The lowest BCUT2D eigenvalue weighted by Gasteiger charge is -2.35. The van der Waals surface area contributed by atoms with Crippen molar-refractivity contribution >= 4 is 0 Å². The normalized spacial score (nSPS) is 24.7. The Labute approximate surface area is 113 Å². The van der Waals surface area contributed by atoms with Crippen LogP contribution in [-0.4, -0.2) is 25.4 Å². The topological polar surface area (TPSA) is 62.5 Å². The van der Waals surface area contributed by atoms with Crippen LogP contribution in [0.4, 0.5) is 0 Å². The number of aliphatic hydroxyl groups excluding tert-OH is 1. The molecular formula is C15H19NO3. The van der Waals surface area contributed by atoms with Gasteiger partial charge in [0.1, 0.15) is 5.41 Å². The van der Waals surface area contributed by atoms with E-state index in [2.05, 4.69) is 6.07 Å². The van der Waals surface area contributed by atoms with Crippen LogP contribution >= 0.6 is 0 Å². The van der Waals surface area contributed by atoms with Gasteiger partial charge in [-0.25, -0.2) is 0 Å². The Morgan fingerprint density at radius 3 is 3.05 bits per heavy atom. The lowest BCUT2D eigenvalue weighted by molar-refractivity contribution is -0.0506. The second-order valence-electron chi connectivity index (χ2n) is 5.00. The van der Waals surface area contributed by atoms with Gasteiger partial charge in [0, 0.05) is 13.7 Å². The molecule has 0 radical (unpaired) electrons. The lowest BCUT2D eigenvalue weighted by Crippen LogP contribution is -2.36. The van der Waals surface area contributed by atoms with Gasteiger partial charge in [0.25, 0.3) is 0 Å². The average Bonchev–Trinajstić information content (AvgIpc) is 2.48. The fourth-order valence-corrected chi connectivity index (χ4v) is 2.52. The summed E-state index contributed by atoms with van der Waals surface area (Å²) in [6.45, 7) is 1.45. The van der Waals surface area contributed by atoms with Crippen molar-refractivity contribution in [3.8, 4) is 6.07 Å². The summed E-state index contributed by atoms with van der Waals surface area (Å²) in [5.41, 5.74) is 0.912. The van der Waals surface area contributed by atoms with E-state index >= 15 is 0 Å². The van der Waals surface area contributed by atoms with E-state index in [0.717, 1.165) is 17.5 Å². The zero-order valence-corrected chi connectivity index (χ0v) is 11.1. The number of methoxy groups -OCH3 is 1. The smallest absolute Gasteiger partial charge is 0.111 e. The van der Waals surface area contributed by atoms with Crippen molar-refractivity contribution in [1.29, 1.82) is 5.26 Å². The van der Waals surface area contributed by atoms with Crippen LogP contribution in [0.2, 0.25) is 0 Å². The van der Waals surface area contributed by atoms with Crippen molar-refractivity contribution in [2.45, 2.75) is 25.6 Å². The number of nitrogens with zero attached hydrogens (tertiary/aromatic N) is 1. The first kappa shape index (κ1) is 14.0. The quantitative estimate of drug-likeness (QED) is 0.902. The molecule has 0 spiro atoms. The van der Waals surface area contributed by atoms with Gasteiger partial charge in [-0.2, -0.15) is 5.26 Å². The van der Waals surface area contributed by atoms with Crippen molar-refractivity contribution in [2.75, 3.05) is 20.3 Å². The second kappa shape index (κ2) is 6.16. The van der Waals surface area contributed by atoms with E-state index < -0.39 is 11.5 Å². The van der Waals surface area contributed by atoms with Crippen LogP contribution in [0, 0.1) is 16.7 Å². The van der Waals surface area contributed by atoms with E-state index in [0.29, 0.717) is 26.2 Å². The number of hydrogen-bond donors (Lipinski definition) is 1. The molecule has 0 amide bonds. The van der Waals surface area contributed by atoms with Gasteiger partial charge in [-0.1, -0.05) is 24.3 Å². The predicted molar refractivity (Wildman–Crippen MR) is 70.2 cm³/mol. The fourth-order valence-electron chi connectivity index (χ4n) is 2.52. The first-order chi connectivity index (χ1) is 9.22. The molecule has 2 unspecified atom stereocenters. The van der Waals surface area contributed by atoms with Gasteiger partial charge in [0.05, 0.1) is 25.4 Å². The van der Waals surface area contributed by atoms with Gasteiger partial charge in [-0.3, -0.25) is 0 Å². The molecule has 0 aliphatic carbocycles. The molecule has 4 nitrogen and oxygen atoms in total. The van der Waals surface area contributed by atoms with Gasteiger partial charge >= 0.3 is 0 Å². The molecule has 2 rings (SSSR count). The first-order valence-electron chi connectivity index (χ1n) is 6.47. The van der Waals surface area contributed by atoms with Crippen molar-refractivity contribution < 1.29 is 14.6 Å². The molecular weight excluding hydrogens is 242 g/mol. The van der Waals surface area contributed by atoms with Gasteiger partial charge in [-0.05, 0) is 24.0 Å². The predicted octanol–water partition coefficient (Wildman–Crippen LogP) is 2.19. The molecule has 19 heavy (non-hydrogen) atoms. The number of benzene rings is 1. The third-order valence-electron chi connectivity index (χ3n) is 3.60. The number of aliphatic hydroxyl groups is 1. The molecule has 0 aromatic heterocycles. The van der Waals surface area contributed by atoms with Crippen molar-refractivity contribution in [3.63, 3.8) is 0 Å². The summed E-state index contributed by atoms with van der Waals surface area (Å²) in [7, 11) is 1.63. The molecule has 1 aliphatic rings. The molecule has 1 fully saturated rings. The van der Waals surface area contributed by atoms with Crippen LogP contribution in [-0.2, 0) is 16.1 Å². The van der Waals surface area contributed by atoms with Crippen LogP contribution in [0.25, 0.3) is 0 Å². The van der Waals surface area contributed by atoms with E-state index in [1.807, 2.05) is 24.3 Å². The second-order valence-corrected chi connectivity index (χ2v) is 5.00. The molecule has 2 atom stereocenters. The Kier molecular flexibility index (Phi) is 4.54. The molecule has 1 aromatic rings. The Morgan fingerprint density at radius 1 is 1.58 bits per heavy atom. The summed E-state index contributed by atoms with van der Waals surface area (Å²) >= 11 is 0. The number of hydrogen-bond acceptors (Lipinski definition) is 4. The van der Waals surface area contributed by atoms with Crippen LogP contribution in [0.3, 0.4) is 0 Å².